The summed E-state index contributed by atoms with van der Waals surface area (Å²) in [6.07, 6.45) is 1.73. The van der Waals surface area contributed by atoms with Crippen molar-refractivity contribution in [2.45, 2.75) is 13.5 Å². The second kappa shape index (κ2) is 5.32. The van der Waals surface area contributed by atoms with Crippen molar-refractivity contribution >= 4 is 11.6 Å². The number of pyridine rings is 1. The number of nitrogens with zero attached hydrogens (tertiary/aromatic N) is 1. The van der Waals surface area contributed by atoms with Crippen molar-refractivity contribution in [3.8, 4) is 11.5 Å². The number of anilines is 1. The number of hydrogen-bond acceptors (Lipinski definition) is 5. The lowest BCUT2D eigenvalue weighted by atomic mass is 10.1. The van der Waals surface area contributed by atoms with Crippen molar-refractivity contribution < 1.29 is 14.3 Å². The van der Waals surface area contributed by atoms with Crippen molar-refractivity contribution in [1.82, 2.24) is 10.3 Å². The minimum absolute atomic E-state index is 0.148. The van der Waals surface area contributed by atoms with Crippen molar-refractivity contribution in [1.29, 1.82) is 0 Å². The molecule has 6 heteroatoms. The van der Waals surface area contributed by atoms with Crippen LogP contribution < -0.4 is 20.5 Å². The molecule has 1 aromatic carbocycles. The summed E-state index contributed by atoms with van der Waals surface area (Å²) in [6.45, 7) is 2.45. The van der Waals surface area contributed by atoms with E-state index in [1.807, 2.05) is 19.1 Å². The van der Waals surface area contributed by atoms with E-state index in [2.05, 4.69) is 10.3 Å². The van der Waals surface area contributed by atoms with E-state index in [1.54, 1.807) is 18.3 Å². The number of nitrogens with two attached hydrogens (primary N) is 1. The zero-order valence-electron chi connectivity index (χ0n) is 11.6. The molecule has 0 saturated heterocycles. The average Bonchev–Trinajstić information content (AvgIpc) is 2.92. The van der Waals surface area contributed by atoms with Gasteiger partial charge in [0.1, 0.15) is 0 Å². The molecule has 3 N–H and O–H groups in total. The van der Waals surface area contributed by atoms with Crippen LogP contribution in [-0.2, 0) is 6.54 Å². The summed E-state index contributed by atoms with van der Waals surface area (Å²) in [5.41, 5.74) is 8.47. The molecule has 0 radical (unpaired) electrons. The van der Waals surface area contributed by atoms with Crippen LogP contribution in [0.3, 0.4) is 0 Å². The Morgan fingerprint density at radius 3 is 2.81 bits per heavy atom. The number of fused-ring (bicyclic) bond motifs is 1. The number of nitrogens with one attached hydrogen (secondary N) is 1. The van der Waals surface area contributed by atoms with Crippen LogP contribution in [0, 0.1) is 6.92 Å². The van der Waals surface area contributed by atoms with Gasteiger partial charge in [-0.15, -0.1) is 0 Å². The van der Waals surface area contributed by atoms with Crippen molar-refractivity contribution in [3.63, 3.8) is 0 Å². The molecule has 1 aliphatic rings. The maximum absolute atomic E-state index is 12.2. The summed E-state index contributed by atoms with van der Waals surface area (Å²) >= 11 is 0. The molecule has 21 heavy (non-hydrogen) atoms. The number of carbonyl (C=O) groups is 1. The monoisotopic (exact) mass is 285 g/mol. The summed E-state index contributed by atoms with van der Waals surface area (Å²) in [6, 6.07) is 7.02. The number of ether oxygens (including phenoxy) is 2. The molecular weight excluding hydrogens is 270 g/mol. The van der Waals surface area contributed by atoms with E-state index >= 15 is 0 Å². The van der Waals surface area contributed by atoms with E-state index in [-0.39, 0.29) is 12.7 Å². The van der Waals surface area contributed by atoms with E-state index in [0.29, 0.717) is 29.3 Å². The number of carbonyl (C=O) groups excluding carboxylic acids is 1. The number of hydrogen-bond donors (Lipinski definition) is 2. The quantitative estimate of drug-likeness (QED) is 0.837. The van der Waals surface area contributed by atoms with Gasteiger partial charge in [-0.05, 0) is 24.6 Å². The maximum Gasteiger partial charge on any atom is 0.253 e. The van der Waals surface area contributed by atoms with Gasteiger partial charge >= 0.3 is 0 Å². The molecule has 108 valence electrons. The molecule has 0 saturated carbocycles. The predicted molar refractivity (Wildman–Crippen MR) is 77.1 cm³/mol. The van der Waals surface area contributed by atoms with Crippen LogP contribution in [0.4, 0.5) is 5.69 Å². The Morgan fingerprint density at radius 1 is 1.33 bits per heavy atom. The molecule has 0 atom stereocenters. The van der Waals surface area contributed by atoms with Gasteiger partial charge in [0.2, 0.25) is 6.79 Å². The third-order valence-electron chi connectivity index (χ3n) is 3.22. The maximum atomic E-state index is 12.2. The Morgan fingerprint density at radius 2 is 2.10 bits per heavy atom. The zero-order chi connectivity index (χ0) is 14.8. The highest BCUT2D eigenvalue weighted by molar-refractivity contribution is 6.00. The van der Waals surface area contributed by atoms with Crippen LogP contribution >= 0.6 is 0 Å². The number of aromatic nitrogens is 1. The van der Waals surface area contributed by atoms with Crippen molar-refractivity contribution in [3.05, 3.63) is 47.3 Å². The van der Waals surface area contributed by atoms with Crippen LogP contribution in [0.1, 0.15) is 21.6 Å². The summed E-state index contributed by atoms with van der Waals surface area (Å²) in [5.74, 6) is 0.838. The lowest BCUT2D eigenvalue weighted by molar-refractivity contribution is 0.0951. The van der Waals surface area contributed by atoms with Crippen LogP contribution in [0.25, 0.3) is 0 Å². The lowest BCUT2D eigenvalue weighted by Gasteiger charge is -2.08. The van der Waals surface area contributed by atoms with Gasteiger partial charge in [0.05, 0.1) is 5.56 Å². The highest BCUT2D eigenvalue weighted by atomic mass is 16.7. The van der Waals surface area contributed by atoms with Gasteiger partial charge in [-0.2, -0.15) is 0 Å². The van der Waals surface area contributed by atoms with Crippen LogP contribution in [0.2, 0.25) is 0 Å². The van der Waals surface area contributed by atoms with Gasteiger partial charge in [-0.3, -0.25) is 9.78 Å². The summed E-state index contributed by atoms with van der Waals surface area (Å²) in [4.78, 5) is 16.4. The van der Waals surface area contributed by atoms with Gasteiger partial charge in [0, 0.05) is 30.2 Å². The predicted octanol–water partition coefficient (Wildman–Crippen LogP) is 1.63. The molecule has 2 aromatic rings. The number of benzene rings is 1. The number of nitrogen functional groups attached to an aromatic ring is 1. The normalized spacial score (nSPS) is 12.2. The molecule has 1 amide bonds. The molecule has 1 aromatic heterocycles. The second-order valence-corrected chi connectivity index (χ2v) is 4.78. The Balaban J connectivity index is 1.72. The molecule has 1 aliphatic heterocycles. The summed E-state index contributed by atoms with van der Waals surface area (Å²) in [7, 11) is 0. The molecule has 0 spiro atoms. The first kappa shape index (κ1) is 13.2. The van der Waals surface area contributed by atoms with Gasteiger partial charge in [0.25, 0.3) is 5.91 Å². The van der Waals surface area contributed by atoms with Crippen LogP contribution in [-0.4, -0.2) is 17.7 Å². The minimum atomic E-state index is -0.258. The van der Waals surface area contributed by atoms with E-state index in [4.69, 9.17) is 15.2 Å². The Labute approximate surface area is 121 Å². The van der Waals surface area contributed by atoms with Crippen LogP contribution in [0.15, 0.2) is 30.5 Å². The summed E-state index contributed by atoms with van der Waals surface area (Å²) in [5, 5.41) is 2.81. The molecule has 3 rings (SSSR count). The number of aryl methyl sites for hydroxylation is 1. The summed E-state index contributed by atoms with van der Waals surface area (Å²) < 4.78 is 10.5. The van der Waals surface area contributed by atoms with Gasteiger partial charge in [-0.1, -0.05) is 6.07 Å². The third-order valence-corrected chi connectivity index (χ3v) is 3.22. The van der Waals surface area contributed by atoms with Gasteiger partial charge in [-0.25, -0.2) is 0 Å². The first-order valence-corrected chi connectivity index (χ1v) is 6.52. The third kappa shape index (κ3) is 2.74. The molecule has 6 nitrogen and oxygen atoms in total. The fraction of sp³-hybridized carbons (Fsp3) is 0.200. The van der Waals surface area contributed by atoms with E-state index in [9.17, 15) is 4.79 Å². The molecular formula is C15H15N3O3. The molecule has 0 unspecified atom stereocenters. The molecule has 0 bridgehead atoms. The van der Waals surface area contributed by atoms with Gasteiger partial charge in [0.15, 0.2) is 11.5 Å². The lowest BCUT2D eigenvalue weighted by Crippen LogP contribution is -2.23. The fourth-order valence-corrected chi connectivity index (χ4v) is 2.03. The molecule has 2 heterocycles. The highest BCUT2D eigenvalue weighted by Gasteiger charge is 2.19. The SMILES string of the molecule is Cc1ccc(CNC(=O)c2cc3c(cc2N)OCO3)cn1. The molecule has 0 fully saturated rings. The topological polar surface area (TPSA) is 86.5 Å². The van der Waals surface area contributed by atoms with Crippen molar-refractivity contribution in [2.24, 2.45) is 0 Å². The van der Waals surface area contributed by atoms with Gasteiger partial charge < -0.3 is 20.5 Å². The standard InChI is InChI=1S/C15H15N3O3/c1-9-2-3-10(6-17-9)7-18-15(19)11-4-13-14(5-12(11)16)21-8-20-13/h2-6H,7-8,16H2,1H3,(H,18,19). The van der Waals surface area contributed by atoms with Crippen LogP contribution in [0.5, 0.6) is 11.5 Å². The largest absolute Gasteiger partial charge is 0.454 e. The number of amides is 1. The molecule has 0 aliphatic carbocycles. The van der Waals surface area contributed by atoms with E-state index in [0.717, 1.165) is 11.3 Å². The Hall–Kier alpha value is -2.76. The number of rotatable bonds is 3. The average molecular weight is 285 g/mol. The van der Waals surface area contributed by atoms with E-state index < -0.39 is 0 Å². The van der Waals surface area contributed by atoms with Crippen molar-refractivity contribution in [2.75, 3.05) is 12.5 Å². The Bertz CT molecular complexity index is 683. The smallest absolute Gasteiger partial charge is 0.253 e. The van der Waals surface area contributed by atoms with E-state index in [1.165, 1.54) is 0 Å². The fourth-order valence-electron chi connectivity index (χ4n) is 2.03. The minimum Gasteiger partial charge on any atom is -0.454 e. The second-order valence-electron chi connectivity index (χ2n) is 4.78. The Kier molecular flexibility index (Phi) is 3.35. The first-order valence-electron chi connectivity index (χ1n) is 6.52. The first-order chi connectivity index (χ1) is 10.1. The highest BCUT2D eigenvalue weighted by Crippen LogP contribution is 2.35. The zero-order valence-corrected chi connectivity index (χ0v) is 11.6.